The van der Waals surface area contributed by atoms with Crippen molar-refractivity contribution in [2.45, 2.75) is 25.8 Å². The molecule has 4 heteroatoms. The van der Waals surface area contributed by atoms with Crippen molar-refractivity contribution in [3.05, 3.63) is 29.6 Å². The minimum Gasteiger partial charge on any atom is -0.496 e. The molecule has 0 saturated heterocycles. The van der Waals surface area contributed by atoms with Crippen molar-refractivity contribution in [2.75, 3.05) is 7.11 Å². The highest BCUT2D eigenvalue weighted by Crippen LogP contribution is 2.32. The van der Waals surface area contributed by atoms with Crippen molar-refractivity contribution in [3.63, 3.8) is 0 Å². The van der Waals surface area contributed by atoms with Crippen LogP contribution < -0.4 is 10.1 Å². The zero-order chi connectivity index (χ0) is 12.4. The van der Waals surface area contributed by atoms with Gasteiger partial charge in [0, 0.05) is 6.04 Å². The van der Waals surface area contributed by atoms with Gasteiger partial charge in [-0.3, -0.25) is 4.79 Å². The molecule has 92 valence electrons. The molecule has 3 nitrogen and oxygen atoms in total. The number of carbonyl (C=O) groups excluding carboxylic acids is 1. The van der Waals surface area contributed by atoms with Gasteiger partial charge in [-0.15, -0.1) is 0 Å². The third kappa shape index (κ3) is 2.75. The van der Waals surface area contributed by atoms with Gasteiger partial charge in [0.05, 0.1) is 12.7 Å². The zero-order valence-electron chi connectivity index (χ0n) is 10.00. The van der Waals surface area contributed by atoms with Gasteiger partial charge in [-0.1, -0.05) is 0 Å². The Morgan fingerprint density at radius 2 is 2.24 bits per heavy atom. The van der Waals surface area contributed by atoms with Crippen LogP contribution in [0, 0.1) is 11.7 Å². The van der Waals surface area contributed by atoms with Crippen LogP contribution in [0.5, 0.6) is 5.75 Å². The standard InChI is InChI=1S/C13H16FNO2/c1-8(9-3-4-9)15-13(16)11-7-10(14)5-6-12(11)17-2/h5-9H,3-4H2,1-2H3,(H,15,16). The van der Waals surface area contributed by atoms with Gasteiger partial charge in [-0.05, 0) is 43.9 Å². The molecular formula is C13H16FNO2. The van der Waals surface area contributed by atoms with E-state index in [1.54, 1.807) is 0 Å². The number of rotatable bonds is 4. The number of hydrogen-bond donors (Lipinski definition) is 1. The van der Waals surface area contributed by atoms with Crippen molar-refractivity contribution >= 4 is 5.91 Å². The average molecular weight is 237 g/mol. The molecule has 0 radical (unpaired) electrons. The molecule has 1 saturated carbocycles. The number of halogens is 1. The van der Waals surface area contributed by atoms with Crippen molar-refractivity contribution in [3.8, 4) is 5.75 Å². The molecule has 1 aromatic carbocycles. The van der Waals surface area contributed by atoms with Crippen LogP contribution in [0.15, 0.2) is 18.2 Å². The van der Waals surface area contributed by atoms with Gasteiger partial charge in [-0.25, -0.2) is 4.39 Å². The summed E-state index contributed by atoms with van der Waals surface area (Å²) in [5, 5.41) is 2.87. The van der Waals surface area contributed by atoms with Crippen LogP contribution in [-0.4, -0.2) is 19.1 Å². The number of ether oxygens (including phenoxy) is 1. The number of carbonyl (C=O) groups is 1. The van der Waals surface area contributed by atoms with Crippen LogP contribution in [-0.2, 0) is 0 Å². The summed E-state index contributed by atoms with van der Waals surface area (Å²) in [6, 6.07) is 4.08. The van der Waals surface area contributed by atoms with E-state index in [-0.39, 0.29) is 17.5 Å². The Balaban J connectivity index is 2.14. The van der Waals surface area contributed by atoms with Gasteiger partial charge in [0.15, 0.2) is 0 Å². The van der Waals surface area contributed by atoms with E-state index >= 15 is 0 Å². The van der Waals surface area contributed by atoms with Crippen LogP contribution in [0.3, 0.4) is 0 Å². The lowest BCUT2D eigenvalue weighted by Crippen LogP contribution is -2.34. The fraction of sp³-hybridized carbons (Fsp3) is 0.462. The van der Waals surface area contributed by atoms with Gasteiger partial charge in [0.25, 0.3) is 5.91 Å². The van der Waals surface area contributed by atoms with E-state index in [9.17, 15) is 9.18 Å². The Labute approximate surface area is 100.0 Å². The van der Waals surface area contributed by atoms with E-state index in [0.717, 1.165) is 12.8 Å². The first-order chi connectivity index (χ1) is 8.11. The maximum atomic E-state index is 13.1. The van der Waals surface area contributed by atoms with Crippen LogP contribution in [0.1, 0.15) is 30.1 Å². The molecule has 1 aromatic rings. The summed E-state index contributed by atoms with van der Waals surface area (Å²) < 4.78 is 18.2. The lowest BCUT2D eigenvalue weighted by molar-refractivity contribution is 0.0932. The first-order valence-corrected chi connectivity index (χ1v) is 5.76. The molecule has 0 aliphatic heterocycles. The Hall–Kier alpha value is -1.58. The number of amides is 1. The topological polar surface area (TPSA) is 38.3 Å². The van der Waals surface area contributed by atoms with Gasteiger partial charge < -0.3 is 10.1 Å². The number of benzene rings is 1. The Bertz CT molecular complexity index is 429. The summed E-state index contributed by atoms with van der Waals surface area (Å²) >= 11 is 0. The summed E-state index contributed by atoms with van der Waals surface area (Å²) in [6.45, 7) is 1.97. The summed E-state index contributed by atoms with van der Waals surface area (Å²) in [6.07, 6.45) is 2.31. The summed E-state index contributed by atoms with van der Waals surface area (Å²) in [7, 11) is 1.47. The zero-order valence-corrected chi connectivity index (χ0v) is 10.00. The first-order valence-electron chi connectivity index (χ1n) is 5.76. The van der Waals surface area contributed by atoms with Crippen molar-refractivity contribution in [1.82, 2.24) is 5.32 Å². The van der Waals surface area contributed by atoms with E-state index in [0.29, 0.717) is 11.7 Å². The molecule has 1 fully saturated rings. The maximum absolute atomic E-state index is 13.1. The van der Waals surface area contributed by atoms with Crippen LogP contribution in [0.2, 0.25) is 0 Å². The second-order valence-electron chi connectivity index (χ2n) is 4.44. The highest BCUT2D eigenvalue weighted by molar-refractivity contribution is 5.97. The van der Waals surface area contributed by atoms with Crippen LogP contribution in [0.4, 0.5) is 4.39 Å². The molecule has 0 spiro atoms. The summed E-state index contributed by atoms with van der Waals surface area (Å²) in [5.41, 5.74) is 0.250. The molecule has 1 N–H and O–H groups in total. The summed E-state index contributed by atoms with van der Waals surface area (Å²) in [5.74, 6) is 0.251. The molecule has 2 rings (SSSR count). The van der Waals surface area contributed by atoms with Gasteiger partial charge >= 0.3 is 0 Å². The normalized spacial score (nSPS) is 16.4. The predicted octanol–water partition coefficient (Wildman–Crippen LogP) is 2.36. The molecule has 1 aliphatic carbocycles. The largest absolute Gasteiger partial charge is 0.496 e. The van der Waals surface area contributed by atoms with Crippen molar-refractivity contribution in [1.29, 1.82) is 0 Å². The molecular weight excluding hydrogens is 221 g/mol. The first kappa shape index (κ1) is 11.9. The van der Waals surface area contributed by atoms with Gasteiger partial charge in [0.1, 0.15) is 11.6 Å². The lowest BCUT2D eigenvalue weighted by atomic mass is 10.1. The van der Waals surface area contributed by atoms with E-state index in [1.165, 1.54) is 25.3 Å². The molecule has 1 unspecified atom stereocenters. The highest BCUT2D eigenvalue weighted by atomic mass is 19.1. The molecule has 1 aliphatic rings. The number of methoxy groups -OCH3 is 1. The molecule has 17 heavy (non-hydrogen) atoms. The van der Waals surface area contributed by atoms with Gasteiger partial charge in [-0.2, -0.15) is 0 Å². The van der Waals surface area contributed by atoms with Crippen LogP contribution in [0.25, 0.3) is 0 Å². The monoisotopic (exact) mass is 237 g/mol. The third-order valence-corrected chi connectivity index (χ3v) is 3.09. The maximum Gasteiger partial charge on any atom is 0.255 e. The Morgan fingerprint density at radius 3 is 2.82 bits per heavy atom. The Morgan fingerprint density at radius 1 is 1.53 bits per heavy atom. The van der Waals surface area contributed by atoms with Crippen molar-refractivity contribution < 1.29 is 13.9 Å². The average Bonchev–Trinajstić information content (AvgIpc) is 3.12. The molecule has 1 amide bonds. The van der Waals surface area contributed by atoms with Crippen molar-refractivity contribution in [2.24, 2.45) is 5.92 Å². The number of hydrogen-bond acceptors (Lipinski definition) is 2. The van der Waals surface area contributed by atoms with E-state index < -0.39 is 5.82 Å². The van der Waals surface area contributed by atoms with Crippen LogP contribution >= 0.6 is 0 Å². The van der Waals surface area contributed by atoms with Gasteiger partial charge in [0.2, 0.25) is 0 Å². The third-order valence-electron chi connectivity index (χ3n) is 3.09. The van der Waals surface area contributed by atoms with E-state index in [1.807, 2.05) is 6.92 Å². The minimum absolute atomic E-state index is 0.135. The molecule has 0 bridgehead atoms. The minimum atomic E-state index is -0.435. The Kier molecular flexibility index (Phi) is 3.31. The fourth-order valence-electron chi connectivity index (χ4n) is 1.86. The summed E-state index contributed by atoms with van der Waals surface area (Å²) in [4.78, 5) is 12.0. The fourth-order valence-corrected chi connectivity index (χ4v) is 1.86. The SMILES string of the molecule is COc1ccc(F)cc1C(=O)NC(C)C1CC1. The highest BCUT2D eigenvalue weighted by Gasteiger charge is 2.29. The second kappa shape index (κ2) is 4.73. The van der Waals surface area contributed by atoms with E-state index in [4.69, 9.17) is 4.74 Å². The van der Waals surface area contributed by atoms with E-state index in [2.05, 4.69) is 5.32 Å². The second-order valence-corrected chi connectivity index (χ2v) is 4.44. The lowest BCUT2D eigenvalue weighted by Gasteiger charge is -2.14. The predicted molar refractivity (Wildman–Crippen MR) is 62.6 cm³/mol. The molecule has 0 aromatic heterocycles. The quantitative estimate of drug-likeness (QED) is 0.873. The molecule has 1 atom stereocenters. The molecule has 0 heterocycles. The number of nitrogens with one attached hydrogen (secondary N) is 1. The smallest absolute Gasteiger partial charge is 0.255 e.